The van der Waals surface area contributed by atoms with E-state index < -0.39 is 6.10 Å². The molecule has 1 N–H and O–H groups in total. The second kappa shape index (κ2) is 8.51. The minimum absolute atomic E-state index is 0.000107. The molecule has 2 aliphatic rings. The number of aromatic nitrogens is 2. The van der Waals surface area contributed by atoms with Crippen LogP contribution in [0.5, 0.6) is 0 Å². The summed E-state index contributed by atoms with van der Waals surface area (Å²) in [5, 5.41) is 11.8. The second-order valence-corrected chi connectivity index (χ2v) is 9.20. The van der Waals surface area contributed by atoms with E-state index in [-0.39, 0.29) is 11.9 Å². The van der Waals surface area contributed by atoms with E-state index in [4.69, 9.17) is 0 Å². The molecule has 0 radical (unpaired) electrons. The maximum absolute atomic E-state index is 13.8. The second-order valence-electron chi connectivity index (χ2n) is 9.20. The molecule has 0 spiro atoms. The predicted octanol–water partition coefficient (Wildman–Crippen LogP) is 4.07. The van der Waals surface area contributed by atoms with Crippen LogP contribution in [-0.2, 0) is 6.42 Å². The van der Waals surface area contributed by atoms with Crippen molar-refractivity contribution in [3.05, 3.63) is 65.1 Å². The van der Waals surface area contributed by atoms with Crippen molar-refractivity contribution >= 4 is 22.5 Å². The van der Waals surface area contributed by atoms with Crippen LogP contribution >= 0.6 is 0 Å². The fourth-order valence-electron chi connectivity index (χ4n) is 5.23. The van der Waals surface area contributed by atoms with Crippen LogP contribution in [0, 0.1) is 6.92 Å². The van der Waals surface area contributed by atoms with Gasteiger partial charge in [0.25, 0.3) is 5.91 Å². The van der Waals surface area contributed by atoms with Gasteiger partial charge in [-0.05, 0) is 55.5 Å². The highest BCUT2D eigenvalue weighted by Crippen LogP contribution is 2.37. The van der Waals surface area contributed by atoms with Gasteiger partial charge in [0.15, 0.2) is 0 Å². The number of aryl methyl sites for hydroxylation is 1. The van der Waals surface area contributed by atoms with Gasteiger partial charge in [0, 0.05) is 30.5 Å². The minimum Gasteiger partial charge on any atom is -0.391 e. The van der Waals surface area contributed by atoms with E-state index in [2.05, 4.69) is 27.0 Å². The highest BCUT2D eigenvalue weighted by Gasteiger charge is 2.37. The Bertz CT molecular complexity index is 1140. The van der Waals surface area contributed by atoms with E-state index in [0.29, 0.717) is 18.7 Å². The molecule has 2 atom stereocenters. The molecule has 1 saturated carbocycles. The number of benzene rings is 1. The van der Waals surface area contributed by atoms with E-state index >= 15 is 0 Å². The zero-order valence-electron chi connectivity index (χ0n) is 18.8. The van der Waals surface area contributed by atoms with Crippen molar-refractivity contribution in [2.45, 2.75) is 57.6 Å². The zero-order chi connectivity index (χ0) is 22.2. The number of hydrogen-bond acceptors (Lipinski definition) is 5. The van der Waals surface area contributed by atoms with Crippen molar-refractivity contribution in [1.82, 2.24) is 14.9 Å². The topological polar surface area (TPSA) is 69.6 Å². The normalized spacial score (nSPS) is 21.5. The Morgan fingerprint density at radius 3 is 2.78 bits per heavy atom. The van der Waals surface area contributed by atoms with E-state index in [1.807, 2.05) is 43.3 Å². The van der Waals surface area contributed by atoms with E-state index in [1.165, 1.54) is 0 Å². The van der Waals surface area contributed by atoms with Gasteiger partial charge in [-0.2, -0.15) is 0 Å². The lowest BCUT2D eigenvalue weighted by Gasteiger charge is -2.42. The summed E-state index contributed by atoms with van der Waals surface area (Å²) in [6.45, 7) is 2.45. The van der Waals surface area contributed by atoms with Crippen LogP contribution in [0.3, 0.4) is 0 Å². The minimum atomic E-state index is -0.465. The lowest BCUT2D eigenvalue weighted by atomic mass is 9.94. The molecular weight excluding hydrogens is 400 g/mol. The van der Waals surface area contributed by atoms with Crippen LogP contribution in [0.2, 0.25) is 0 Å². The monoisotopic (exact) mass is 430 g/mol. The lowest BCUT2D eigenvalue weighted by molar-refractivity contribution is 0.0317. The quantitative estimate of drug-likeness (QED) is 0.635. The van der Waals surface area contributed by atoms with Gasteiger partial charge < -0.3 is 14.9 Å². The summed E-state index contributed by atoms with van der Waals surface area (Å²) in [6.07, 6.45) is 8.71. The molecule has 3 aromatic rings. The molecule has 1 fully saturated rings. The van der Waals surface area contributed by atoms with Gasteiger partial charge in [-0.25, -0.2) is 0 Å². The first-order chi connectivity index (χ1) is 15.5. The fraction of sp³-hybridized carbons (Fsp3) is 0.423. The van der Waals surface area contributed by atoms with Crippen molar-refractivity contribution in [2.24, 2.45) is 0 Å². The van der Waals surface area contributed by atoms with Crippen LogP contribution in [-0.4, -0.2) is 51.7 Å². The zero-order valence-corrected chi connectivity index (χ0v) is 18.8. The average Bonchev–Trinajstić information content (AvgIpc) is 3.01. The summed E-state index contributed by atoms with van der Waals surface area (Å²) in [7, 11) is 2.01. The standard InChI is InChI=1S/C26H30N4O2/c1-17-10-11-18(15-28-17)13-19-14-21-25(24-20(19)7-6-12-27-24)29(2)16-30(26(21)32)22-8-4-3-5-9-23(22)31/h6-7,10-12,14-15,22-23,31H,3-5,8-9,13,16H2,1-2H3/t22-,23-/m0/s1. The Morgan fingerprint density at radius 1 is 1.12 bits per heavy atom. The van der Waals surface area contributed by atoms with Gasteiger partial charge in [-0.15, -0.1) is 0 Å². The van der Waals surface area contributed by atoms with Crippen LogP contribution < -0.4 is 4.90 Å². The Balaban J connectivity index is 1.59. The number of aliphatic hydroxyl groups excluding tert-OH is 1. The first-order valence-corrected chi connectivity index (χ1v) is 11.6. The van der Waals surface area contributed by atoms with Crippen LogP contribution in [0.1, 0.15) is 59.3 Å². The maximum Gasteiger partial charge on any atom is 0.257 e. The number of nitrogens with zero attached hydrogens (tertiary/aromatic N) is 4. The van der Waals surface area contributed by atoms with E-state index in [9.17, 15) is 9.90 Å². The van der Waals surface area contributed by atoms with Crippen molar-refractivity contribution in [1.29, 1.82) is 0 Å². The van der Waals surface area contributed by atoms with Crippen molar-refractivity contribution in [2.75, 3.05) is 18.6 Å². The summed E-state index contributed by atoms with van der Waals surface area (Å²) < 4.78 is 0. The van der Waals surface area contributed by atoms with Gasteiger partial charge >= 0.3 is 0 Å². The third-order valence-corrected chi connectivity index (χ3v) is 6.90. The molecule has 1 aliphatic carbocycles. The smallest absolute Gasteiger partial charge is 0.257 e. The molecule has 1 aromatic carbocycles. The number of aliphatic hydroxyl groups is 1. The SMILES string of the molecule is Cc1ccc(Cc2cc3c(c4ncccc24)N(C)CN([C@H]2CCCCC[C@@H]2O)C3=O)cn1. The largest absolute Gasteiger partial charge is 0.391 e. The van der Waals surface area contributed by atoms with Crippen molar-refractivity contribution in [3.8, 4) is 0 Å². The Labute approximate surface area is 188 Å². The van der Waals surface area contributed by atoms with Gasteiger partial charge in [0.1, 0.15) is 0 Å². The molecule has 0 bridgehead atoms. The first-order valence-electron chi connectivity index (χ1n) is 11.6. The van der Waals surface area contributed by atoms with E-state index in [0.717, 1.165) is 65.5 Å². The summed E-state index contributed by atoms with van der Waals surface area (Å²) in [6, 6.07) is 10.0. The predicted molar refractivity (Wildman–Crippen MR) is 126 cm³/mol. The molecule has 5 rings (SSSR count). The molecule has 1 amide bonds. The number of fused-ring (bicyclic) bond motifs is 3. The molecule has 32 heavy (non-hydrogen) atoms. The Morgan fingerprint density at radius 2 is 1.97 bits per heavy atom. The molecule has 0 unspecified atom stereocenters. The third kappa shape index (κ3) is 3.73. The van der Waals surface area contributed by atoms with Gasteiger partial charge in [-0.1, -0.05) is 31.4 Å². The van der Waals surface area contributed by atoms with Gasteiger partial charge in [0.05, 0.1) is 35.6 Å². The number of amides is 1. The third-order valence-electron chi connectivity index (χ3n) is 6.90. The van der Waals surface area contributed by atoms with Crippen LogP contribution in [0.15, 0.2) is 42.7 Å². The summed E-state index contributed by atoms with van der Waals surface area (Å²) in [5.41, 5.74) is 5.58. The Kier molecular flexibility index (Phi) is 5.55. The molecule has 0 saturated heterocycles. The van der Waals surface area contributed by atoms with Crippen molar-refractivity contribution < 1.29 is 9.90 Å². The number of pyridine rings is 2. The highest BCUT2D eigenvalue weighted by atomic mass is 16.3. The Hall–Kier alpha value is -2.99. The molecule has 1 aliphatic heterocycles. The maximum atomic E-state index is 13.8. The number of anilines is 1. The van der Waals surface area contributed by atoms with Crippen molar-refractivity contribution in [3.63, 3.8) is 0 Å². The number of rotatable bonds is 3. The van der Waals surface area contributed by atoms with E-state index in [1.54, 1.807) is 6.20 Å². The molecule has 6 nitrogen and oxygen atoms in total. The molecule has 2 aromatic heterocycles. The molecular formula is C26H30N4O2. The van der Waals surface area contributed by atoms with Gasteiger partial charge in [0.2, 0.25) is 0 Å². The summed E-state index contributed by atoms with van der Waals surface area (Å²) in [5.74, 6) is -0.000107. The summed E-state index contributed by atoms with van der Waals surface area (Å²) in [4.78, 5) is 26.9. The number of carbonyl (C=O) groups is 1. The van der Waals surface area contributed by atoms with Crippen LogP contribution in [0.4, 0.5) is 5.69 Å². The molecule has 3 heterocycles. The van der Waals surface area contributed by atoms with Gasteiger partial charge in [-0.3, -0.25) is 14.8 Å². The first kappa shape index (κ1) is 20.9. The fourth-order valence-corrected chi connectivity index (χ4v) is 5.23. The number of hydrogen-bond donors (Lipinski definition) is 1. The molecule has 6 heteroatoms. The number of carbonyl (C=O) groups excluding carboxylic acids is 1. The summed E-state index contributed by atoms with van der Waals surface area (Å²) >= 11 is 0. The van der Waals surface area contributed by atoms with Crippen LogP contribution in [0.25, 0.3) is 10.9 Å². The average molecular weight is 431 g/mol. The molecule has 166 valence electrons. The highest BCUT2D eigenvalue weighted by molar-refractivity contribution is 6.10. The lowest BCUT2D eigenvalue weighted by Crippen LogP contribution is -2.53.